The van der Waals surface area contributed by atoms with Crippen molar-refractivity contribution in [2.75, 3.05) is 32.6 Å². The number of aromatic amines is 1. The molecule has 166 valence electrons. The minimum atomic E-state index is -3.19. The lowest BCUT2D eigenvalue weighted by Crippen LogP contribution is -2.34. The van der Waals surface area contributed by atoms with Crippen LogP contribution in [0, 0.1) is 11.8 Å². The molecule has 0 aromatic carbocycles. The van der Waals surface area contributed by atoms with Gasteiger partial charge in [0.05, 0.1) is 24.1 Å². The van der Waals surface area contributed by atoms with Crippen LogP contribution in [-0.2, 0) is 14.8 Å². The number of aromatic nitrogens is 3. The zero-order chi connectivity index (χ0) is 21.4. The van der Waals surface area contributed by atoms with Crippen LogP contribution in [0.2, 0.25) is 0 Å². The van der Waals surface area contributed by atoms with Gasteiger partial charge >= 0.3 is 0 Å². The van der Waals surface area contributed by atoms with Gasteiger partial charge in [-0.05, 0) is 67.6 Å². The Labute approximate surface area is 183 Å². The number of sulfonamides is 1. The summed E-state index contributed by atoms with van der Waals surface area (Å²) in [4.78, 5) is 12.2. The Morgan fingerprint density at radius 3 is 2.77 bits per heavy atom. The molecule has 2 fully saturated rings. The van der Waals surface area contributed by atoms with Crippen molar-refractivity contribution in [2.45, 2.75) is 38.0 Å². The molecule has 31 heavy (non-hydrogen) atoms. The van der Waals surface area contributed by atoms with Gasteiger partial charge in [0.25, 0.3) is 0 Å². The lowest BCUT2D eigenvalue weighted by molar-refractivity contribution is 0.157. The molecule has 3 aromatic heterocycles. The van der Waals surface area contributed by atoms with Crippen LogP contribution >= 0.6 is 0 Å². The van der Waals surface area contributed by atoms with E-state index < -0.39 is 10.0 Å². The van der Waals surface area contributed by atoms with Gasteiger partial charge in [0.2, 0.25) is 10.0 Å². The maximum absolute atomic E-state index is 13.0. The van der Waals surface area contributed by atoms with Gasteiger partial charge in [0.15, 0.2) is 0 Å². The molecule has 1 saturated heterocycles. The molecule has 1 aliphatic carbocycles. The van der Waals surface area contributed by atoms with Crippen LogP contribution in [-0.4, -0.2) is 60.2 Å². The summed E-state index contributed by atoms with van der Waals surface area (Å²) in [5, 5.41) is 2.30. The first-order valence-electron chi connectivity index (χ1n) is 11.2. The minimum Gasteiger partial charge on any atom is -0.384 e. The smallest absolute Gasteiger partial charge is 0.214 e. The van der Waals surface area contributed by atoms with E-state index >= 15 is 0 Å². The third-order valence-corrected chi connectivity index (χ3v) is 9.11. The summed E-state index contributed by atoms with van der Waals surface area (Å²) in [5.41, 5.74) is 3.13. The van der Waals surface area contributed by atoms with E-state index in [0.29, 0.717) is 31.5 Å². The zero-order valence-corrected chi connectivity index (χ0v) is 18.8. The maximum Gasteiger partial charge on any atom is 0.214 e. The summed E-state index contributed by atoms with van der Waals surface area (Å²) in [6.07, 6.45) is 10.5. The monoisotopic (exact) mass is 442 g/mol. The second kappa shape index (κ2) is 8.48. The van der Waals surface area contributed by atoms with Crippen molar-refractivity contribution in [3.63, 3.8) is 0 Å². The number of fused-ring (bicyclic) bond motifs is 3. The first kappa shape index (κ1) is 20.8. The number of methoxy groups -OCH3 is 1. The molecule has 1 N–H and O–H groups in total. The molecule has 5 rings (SSSR count). The molecule has 1 unspecified atom stereocenters. The van der Waals surface area contributed by atoms with Crippen molar-refractivity contribution < 1.29 is 13.2 Å². The topological polar surface area (TPSA) is 88.2 Å². The van der Waals surface area contributed by atoms with Crippen LogP contribution in [0.25, 0.3) is 21.9 Å². The molecular weight excluding hydrogens is 412 g/mol. The quantitative estimate of drug-likeness (QED) is 0.629. The SMILES string of the molecule is COCC1CCN(S(=O)(=O)CC2CCC(c3ccnc4cnc5[nH]ccc5c34)CC2)C1. The van der Waals surface area contributed by atoms with Gasteiger partial charge in [-0.15, -0.1) is 0 Å². The average molecular weight is 443 g/mol. The molecule has 0 spiro atoms. The number of rotatable bonds is 6. The molecule has 4 heterocycles. The van der Waals surface area contributed by atoms with E-state index in [9.17, 15) is 8.42 Å². The number of nitrogens with zero attached hydrogens (tertiary/aromatic N) is 3. The Hall–Kier alpha value is -2.03. The Morgan fingerprint density at radius 1 is 1.13 bits per heavy atom. The summed E-state index contributed by atoms with van der Waals surface area (Å²) in [6, 6.07) is 4.21. The van der Waals surface area contributed by atoms with Gasteiger partial charge in [-0.3, -0.25) is 4.98 Å². The molecule has 0 bridgehead atoms. The largest absolute Gasteiger partial charge is 0.384 e. The molecule has 8 heteroatoms. The molecule has 7 nitrogen and oxygen atoms in total. The first-order chi connectivity index (χ1) is 15.0. The van der Waals surface area contributed by atoms with E-state index in [1.165, 1.54) is 10.9 Å². The molecule has 0 amide bonds. The Bertz CT molecular complexity index is 1170. The van der Waals surface area contributed by atoms with Crippen molar-refractivity contribution in [3.8, 4) is 0 Å². The van der Waals surface area contributed by atoms with E-state index in [2.05, 4.69) is 27.1 Å². The van der Waals surface area contributed by atoms with Crippen LogP contribution in [0.4, 0.5) is 0 Å². The highest BCUT2D eigenvalue weighted by Gasteiger charge is 2.34. The van der Waals surface area contributed by atoms with Gasteiger partial charge in [0, 0.05) is 43.4 Å². The molecular formula is C23H30N4O3S. The molecule has 1 saturated carbocycles. The minimum absolute atomic E-state index is 0.241. The maximum atomic E-state index is 13.0. The predicted molar refractivity (Wildman–Crippen MR) is 121 cm³/mol. The van der Waals surface area contributed by atoms with E-state index in [4.69, 9.17) is 4.74 Å². The highest BCUT2D eigenvalue weighted by molar-refractivity contribution is 7.89. The van der Waals surface area contributed by atoms with Crippen molar-refractivity contribution in [1.29, 1.82) is 0 Å². The normalized spacial score (nSPS) is 25.5. The van der Waals surface area contributed by atoms with Gasteiger partial charge in [0.1, 0.15) is 5.65 Å². The molecule has 1 aliphatic heterocycles. The number of hydrogen-bond donors (Lipinski definition) is 1. The van der Waals surface area contributed by atoms with Gasteiger partial charge in [-0.1, -0.05) is 0 Å². The van der Waals surface area contributed by atoms with Gasteiger partial charge in [-0.2, -0.15) is 0 Å². The summed E-state index contributed by atoms with van der Waals surface area (Å²) in [5.74, 6) is 1.28. The lowest BCUT2D eigenvalue weighted by atomic mass is 9.78. The van der Waals surface area contributed by atoms with Gasteiger partial charge in [-0.25, -0.2) is 17.7 Å². The Kier molecular flexibility index (Phi) is 5.71. The number of hydrogen-bond acceptors (Lipinski definition) is 5. The summed E-state index contributed by atoms with van der Waals surface area (Å²) >= 11 is 0. The number of pyridine rings is 2. The second-order valence-corrected chi connectivity index (χ2v) is 11.1. The van der Waals surface area contributed by atoms with Crippen molar-refractivity contribution in [1.82, 2.24) is 19.3 Å². The number of H-pyrrole nitrogens is 1. The lowest BCUT2D eigenvalue weighted by Gasteiger charge is -2.30. The Balaban J connectivity index is 1.28. The van der Waals surface area contributed by atoms with Crippen LogP contribution in [0.15, 0.2) is 30.7 Å². The van der Waals surface area contributed by atoms with Gasteiger partial charge < -0.3 is 9.72 Å². The summed E-state index contributed by atoms with van der Waals surface area (Å²) in [7, 11) is -1.51. The summed E-state index contributed by atoms with van der Waals surface area (Å²) in [6.45, 7) is 1.88. The van der Waals surface area contributed by atoms with E-state index in [-0.39, 0.29) is 11.7 Å². The molecule has 0 radical (unpaired) electrons. The van der Waals surface area contributed by atoms with Crippen molar-refractivity contribution in [2.24, 2.45) is 11.8 Å². The highest BCUT2D eigenvalue weighted by atomic mass is 32.2. The number of nitrogens with one attached hydrogen (secondary N) is 1. The molecule has 2 aliphatic rings. The van der Waals surface area contributed by atoms with Crippen LogP contribution in [0.3, 0.4) is 0 Å². The van der Waals surface area contributed by atoms with Crippen LogP contribution in [0.1, 0.15) is 43.6 Å². The zero-order valence-electron chi connectivity index (χ0n) is 18.0. The van der Waals surface area contributed by atoms with Crippen LogP contribution < -0.4 is 0 Å². The van der Waals surface area contributed by atoms with E-state index in [1.54, 1.807) is 11.4 Å². The first-order valence-corrected chi connectivity index (χ1v) is 12.8. The predicted octanol–water partition coefficient (Wildman–Crippen LogP) is 3.68. The third kappa shape index (κ3) is 4.08. The molecule has 1 atom stereocenters. The fourth-order valence-corrected chi connectivity index (χ4v) is 7.45. The summed E-state index contributed by atoms with van der Waals surface area (Å²) < 4.78 is 32.8. The highest BCUT2D eigenvalue weighted by Crippen LogP contribution is 2.40. The fourth-order valence-electron chi connectivity index (χ4n) is 5.48. The van der Waals surface area contributed by atoms with E-state index in [0.717, 1.165) is 48.7 Å². The fraction of sp³-hybridized carbons (Fsp3) is 0.565. The van der Waals surface area contributed by atoms with E-state index in [1.807, 2.05) is 18.6 Å². The third-order valence-electron chi connectivity index (χ3n) is 7.10. The standard InChI is InChI=1S/C23H30N4O3S/c1-30-14-17-8-11-27(13-17)31(28,29)15-16-2-4-18(5-3-16)19-6-9-24-21-12-26-23-20(22(19)21)7-10-25-23/h6-7,9-10,12,16-18H,2-5,8,11,13-15H2,1H3,(H,25,26). The van der Waals surface area contributed by atoms with Crippen LogP contribution in [0.5, 0.6) is 0 Å². The van der Waals surface area contributed by atoms with Crippen molar-refractivity contribution in [3.05, 3.63) is 36.3 Å². The average Bonchev–Trinajstić information content (AvgIpc) is 3.44. The number of ether oxygens (including phenoxy) is 1. The second-order valence-electron chi connectivity index (χ2n) is 9.12. The molecule has 3 aromatic rings. The Morgan fingerprint density at radius 2 is 1.97 bits per heavy atom. The van der Waals surface area contributed by atoms with Crippen molar-refractivity contribution >= 4 is 32.0 Å².